The largest absolute Gasteiger partial charge is 0.472 e. The van der Waals surface area contributed by atoms with Crippen molar-refractivity contribution in [3.8, 4) is 0 Å². The predicted octanol–water partition coefficient (Wildman–Crippen LogP) is 13.0. The third kappa shape index (κ3) is 42.6. The Balaban J connectivity index is 4.21. The Morgan fingerprint density at radius 1 is 0.500 bits per heavy atom. The van der Waals surface area contributed by atoms with E-state index in [-0.39, 0.29) is 19.4 Å². The highest BCUT2D eigenvalue weighted by Gasteiger charge is 2.27. The molecule has 0 fully saturated rings. The Bertz CT molecular complexity index is 1020. The maximum atomic E-state index is 12.6. The van der Waals surface area contributed by atoms with E-state index in [2.05, 4.69) is 38.2 Å². The van der Waals surface area contributed by atoms with Crippen LogP contribution in [0.2, 0.25) is 0 Å². The molecule has 0 saturated carbocycles. The number of rotatable bonds is 45. The molecule has 0 aliphatic rings. The first-order valence-electron chi connectivity index (χ1n) is 23.8. The maximum Gasteiger partial charge on any atom is 0.472 e. The van der Waals surface area contributed by atoms with Crippen LogP contribution in [0.1, 0.15) is 226 Å². The summed E-state index contributed by atoms with van der Waals surface area (Å²) < 4.78 is 32.8. The fourth-order valence-corrected chi connectivity index (χ4v) is 7.42. The van der Waals surface area contributed by atoms with Crippen molar-refractivity contribution in [1.82, 2.24) is 0 Å². The molecule has 342 valence electrons. The second kappa shape index (κ2) is 43.5. The molecule has 0 amide bonds. The molecular formula is C47H89O10P. The zero-order valence-electron chi connectivity index (χ0n) is 37.3. The Hall–Kier alpha value is -1.55. The van der Waals surface area contributed by atoms with Gasteiger partial charge >= 0.3 is 19.8 Å². The monoisotopic (exact) mass is 845 g/mol. The second-order valence-corrected chi connectivity index (χ2v) is 17.6. The van der Waals surface area contributed by atoms with Crippen LogP contribution >= 0.6 is 7.82 Å². The van der Waals surface area contributed by atoms with Gasteiger partial charge in [-0.1, -0.05) is 173 Å². The van der Waals surface area contributed by atoms with Crippen LogP contribution in [0.3, 0.4) is 0 Å². The first-order chi connectivity index (χ1) is 28.2. The lowest BCUT2D eigenvalue weighted by Crippen LogP contribution is -2.29. The van der Waals surface area contributed by atoms with Crippen LogP contribution in [-0.4, -0.2) is 65.7 Å². The third-order valence-electron chi connectivity index (χ3n) is 10.3. The van der Waals surface area contributed by atoms with Gasteiger partial charge in [-0.3, -0.25) is 18.6 Å². The fourth-order valence-electron chi connectivity index (χ4n) is 6.63. The van der Waals surface area contributed by atoms with Gasteiger partial charge < -0.3 is 24.6 Å². The van der Waals surface area contributed by atoms with Crippen LogP contribution in [-0.2, 0) is 32.7 Å². The molecule has 0 heterocycles. The molecule has 0 aliphatic heterocycles. The zero-order valence-corrected chi connectivity index (χ0v) is 38.2. The normalized spacial score (nSPS) is 13.9. The van der Waals surface area contributed by atoms with E-state index in [0.29, 0.717) is 12.8 Å². The second-order valence-electron chi connectivity index (χ2n) is 16.1. The molecule has 3 N–H and O–H groups in total. The highest BCUT2D eigenvalue weighted by atomic mass is 31.2. The zero-order chi connectivity index (χ0) is 42.6. The molecule has 3 unspecified atom stereocenters. The molecule has 3 atom stereocenters. The Kier molecular flexibility index (Phi) is 42.4. The number of phosphoric acid groups is 1. The average Bonchev–Trinajstić information content (AvgIpc) is 3.21. The molecule has 10 nitrogen and oxygen atoms in total. The summed E-state index contributed by atoms with van der Waals surface area (Å²) in [6.45, 7) is 2.39. The van der Waals surface area contributed by atoms with Crippen molar-refractivity contribution in [3.05, 3.63) is 24.3 Å². The van der Waals surface area contributed by atoms with E-state index in [1.165, 1.54) is 128 Å². The van der Waals surface area contributed by atoms with E-state index >= 15 is 0 Å². The topological polar surface area (TPSA) is 149 Å². The van der Waals surface area contributed by atoms with Crippen molar-refractivity contribution in [2.24, 2.45) is 0 Å². The minimum absolute atomic E-state index is 0.182. The fraction of sp³-hybridized carbons (Fsp3) is 0.872. The highest BCUT2D eigenvalue weighted by molar-refractivity contribution is 7.47. The molecule has 58 heavy (non-hydrogen) atoms. The summed E-state index contributed by atoms with van der Waals surface area (Å²) in [6, 6.07) is 0. The minimum atomic E-state index is -4.62. The lowest BCUT2D eigenvalue weighted by Gasteiger charge is -2.20. The molecule has 0 saturated heterocycles. The van der Waals surface area contributed by atoms with Crippen molar-refractivity contribution in [1.29, 1.82) is 0 Å². The van der Waals surface area contributed by atoms with Crippen LogP contribution in [0.25, 0.3) is 0 Å². The summed E-state index contributed by atoms with van der Waals surface area (Å²) in [5.41, 5.74) is 0. The quantitative estimate of drug-likeness (QED) is 0.0234. The number of carbonyl (C=O) groups is 2. The number of aliphatic hydroxyl groups excluding tert-OH is 2. The summed E-state index contributed by atoms with van der Waals surface area (Å²) in [5.74, 6) is -0.929. The maximum absolute atomic E-state index is 12.6. The van der Waals surface area contributed by atoms with Crippen LogP contribution < -0.4 is 0 Å². The summed E-state index contributed by atoms with van der Waals surface area (Å²) in [6.07, 6.45) is 44.3. The van der Waals surface area contributed by atoms with Crippen LogP contribution in [0.15, 0.2) is 24.3 Å². The number of carbonyl (C=O) groups excluding carboxylic acids is 2. The molecule has 0 aromatic heterocycles. The first-order valence-corrected chi connectivity index (χ1v) is 25.3. The number of unbranched alkanes of at least 4 members (excludes halogenated alkanes) is 27. The number of esters is 2. The molecule has 0 aliphatic carbocycles. The van der Waals surface area contributed by atoms with E-state index in [0.717, 1.165) is 57.8 Å². The van der Waals surface area contributed by atoms with Gasteiger partial charge in [-0.25, -0.2) is 4.57 Å². The van der Waals surface area contributed by atoms with Gasteiger partial charge in [0, 0.05) is 12.8 Å². The Morgan fingerprint density at radius 2 is 0.845 bits per heavy atom. The van der Waals surface area contributed by atoms with Crippen LogP contribution in [0, 0.1) is 0 Å². The van der Waals surface area contributed by atoms with Gasteiger partial charge in [0.05, 0.1) is 19.8 Å². The molecule has 0 aromatic carbocycles. The molecule has 0 aromatic rings. The lowest BCUT2D eigenvalue weighted by atomic mass is 10.1. The number of hydrogen-bond donors (Lipinski definition) is 3. The molecule has 0 bridgehead atoms. The van der Waals surface area contributed by atoms with Crippen molar-refractivity contribution in [2.45, 2.75) is 238 Å². The Morgan fingerprint density at radius 3 is 1.24 bits per heavy atom. The molecule has 0 spiro atoms. The standard InChI is InChI=1S/C47H89O10P/c1-3-5-7-9-11-13-15-17-19-20-21-22-23-24-25-27-29-31-33-35-37-39-47(51)57-45(43-56-58(52,53)55-41-44(49)40-48)42-54-46(50)38-36-34-32-30-28-26-18-16-14-12-10-8-6-4-2/h16,18,20-21,44-45,48-49H,3-15,17,19,22-43H2,1-2H3,(H,52,53)/b18-16-,21-20-. The third-order valence-corrected chi connectivity index (χ3v) is 11.3. The van der Waals surface area contributed by atoms with E-state index < -0.39 is 51.8 Å². The van der Waals surface area contributed by atoms with Crippen molar-refractivity contribution in [2.75, 3.05) is 26.4 Å². The minimum Gasteiger partial charge on any atom is -0.462 e. The van der Waals surface area contributed by atoms with Crippen molar-refractivity contribution in [3.63, 3.8) is 0 Å². The van der Waals surface area contributed by atoms with Gasteiger partial charge in [-0.05, 0) is 64.2 Å². The SMILES string of the molecule is CCCCCCC/C=C\CCCCCCCC(=O)OCC(COP(=O)(O)OCC(O)CO)OC(=O)CCCCCCCCCCC/C=C\CCCCCCCCCC. The number of ether oxygens (including phenoxy) is 2. The molecule has 0 radical (unpaired) electrons. The van der Waals surface area contributed by atoms with Crippen molar-refractivity contribution >= 4 is 19.8 Å². The van der Waals surface area contributed by atoms with E-state index in [1.807, 2.05) is 0 Å². The van der Waals surface area contributed by atoms with Gasteiger partial charge in [0.15, 0.2) is 6.10 Å². The number of hydrogen-bond acceptors (Lipinski definition) is 9. The van der Waals surface area contributed by atoms with Crippen LogP contribution in [0.5, 0.6) is 0 Å². The summed E-state index contributed by atoms with van der Waals surface area (Å²) in [5, 5.41) is 18.4. The molecular weight excluding hydrogens is 755 g/mol. The lowest BCUT2D eigenvalue weighted by molar-refractivity contribution is -0.161. The summed E-state index contributed by atoms with van der Waals surface area (Å²) >= 11 is 0. The van der Waals surface area contributed by atoms with Gasteiger partial charge in [0.25, 0.3) is 0 Å². The number of allylic oxidation sites excluding steroid dienone is 4. The highest BCUT2D eigenvalue weighted by Crippen LogP contribution is 2.43. The number of aliphatic hydroxyl groups is 2. The van der Waals surface area contributed by atoms with Gasteiger partial charge in [0.1, 0.15) is 12.7 Å². The summed E-state index contributed by atoms with van der Waals surface area (Å²) in [4.78, 5) is 35.1. The van der Waals surface area contributed by atoms with Crippen molar-refractivity contribution < 1.29 is 47.8 Å². The summed E-state index contributed by atoms with van der Waals surface area (Å²) in [7, 11) is -4.62. The number of phosphoric ester groups is 1. The van der Waals surface area contributed by atoms with Gasteiger partial charge in [-0.15, -0.1) is 0 Å². The molecule has 11 heteroatoms. The van der Waals surface area contributed by atoms with Crippen LogP contribution in [0.4, 0.5) is 0 Å². The Labute approximate surface area is 355 Å². The van der Waals surface area contributed by atoms with E-state index in [9.17, 15) is 24.2 Å². The van der Waals surface area contributed by atoms with E-state index in [1.54, 1.807) is 0 Å². The predicted molar refractivity (Wildman–Crippen MR) is 238 cm³/mol. The van der Waals surface area contributed by atoms with Gasteiger partial charge in [0.2, 0.25) is 0 Å². The first kappa shape index (κ1) is 56.5. The average molecular weight is 845 g/mol. The smallest absolute Gasteiger partial charge is 0.462 e. The molecule has 0 rings (SSSR count). The van der Waals surface area contributed by atoms with E-state index in [4.69, 9.17) is 23.6 Å². The van der Waals surface area contributed by atoms with Gasteiger partial charge in [-0.2, -0.15) is 0 Å².